The molecule has 3 aromatic rings. The standard InChI is InChI=1S/C16H12BrN5O2/c17-11-3-1-2-4-12(11)20-15-8-18-22-16(21-15)19-10-5-6-13-14(7-10)24-9-23-13/h1-8H,9H2,(H2,19,20,21,22). The second-order valence-corrected chi connectivity index (χ2v) is 5.82. The van der Waals surface area contributed by atoms with Crippen LogP contribution < -0.4 is 20.1 Å². The van der Waals surface area contributed by atoms with E-state index in [0.29, 0.717) is 17.5 Å². The van der Waals surface area contributed by atoms with Gasteiger partial charge >= 0.3 is 0 Å². The van der Waals surface area contributed by atoms with Crippen molar-refractivity contribution in [2.75, 3.05) is 17.4 Å². The third kappa shape index (κ3) is 3.09. The highest BCUT2D eigenvalue weighted by Gasteiger charge is 2.13. The molecule has 120 valence electrons. The number of hydrogen-bond donors (Lipinski definition) is 2. The van der Waals surface area contributed by atoms with Gasteiger partial charge in [0.25, 0.3) is 0 Å². The van der Waals surface area contributed by atoms with Gasteiger partial charge in [-0.05, 0) is 40.2 Å². The number of benzene rings is 2. The quantitative estimate of drug-likeness (QED) is 0.705. The largest absolute Gasteiger partial charge is 0.454 e. The molecule has 24 heavy (non-hydrogen) atoms. The summed E-state index contributed by atoms with van der Waals surface area (Å²) in [6.07, 6.45) is 1.56. The molecular weight excluding hydrogens is 374 g/mol. The van der Waals surface area contributed by atoms with Crippen LogP contribution in [0.2, 0.25) is 0 Å². The van der Waals surface area contributed by atoms with Gasteiger partial charge in [0.15, 0.2) is 17.3 Å². The maximum Gasteiger partial charge on any atom is 0.249 e. The molecule has 0 spiro atoms. The summed E-state index contributed by atoms with van der Waals surface area (Å²) in [4.78, 5) is 4.41. The van der Waals surface area contributed by atoms with Crippen molar-refractivity contribution in [3.63, 3.8) is 0 Å². The number of para-hydroxylation sites is 1. The molecule has 0 saturated heterocycles. The zero-order valence-electron chi connectivity index (χ0n) is 12.4. The lowest BCUT2D eigenvalue weighted by Crippen LogP contribution is -2.02. The molecule has 0 saturated carbocycles. The van der Waals surface area contributed by atoms with Gasteiger partial charge in [0.1, 0.15) is 0 Å². The molecule has 1 aliphatic heterocycles. The second kappa shape index (κ2) is 6.32. The van der Waals surface area contributed by atoms with E-state index < -0.39 is 0 Å². The number of halogens is 1. The number of aromatic nitrogens is 3. The van der Waals surface area contributed by atoms with E-state index >= 15 is 0 Å². The molecule has 2 aromatic carbocycles. The Morgan fingerprint density at radius 1 is 1.00 bits per heavy atom. The molecule has 0 atom stereocenters. The first-order valence-electron chi connectivity index (χ1n) is 7.16. The Bertz CT molecular complexity index is 890. The monoisotopic (exact) mass is 385 g/mol. The van der Waals surface area contributed by atoms with Crippen LogP contribution in [-0.4, -0.2) is 22.0 Å². The summed E-state index contributed by atoms with van der Waals surface area (Å²) >= 11 is 3.49. The first-order chi connectivity index (χ1) is 11.8. The number of hydrogen-bond acceptors (Lipinski definition) is 7. The predicted octanol–water partition coefficient (Wildman–Crippen LogP) is 3.85. The van der Waals surface area contributed by atoms with Crippen LogP contribution in [0.5, 0.6) is 11.5 Å². The summed E-state index contributed by atoms with van der Waals surface area (Å²) in [5.74, 6) is 2.38. The Labute approximate surface area is 146 Å². The van der Waals surface area contributed by atoms with Gasteiger partial charge in [0.05, 0.1) is 11.9 Å². The Balaban J connectivity index is 1.53. The molecule has 2 N–H and O–H groups in total. The van der Waals surface area contributed by atoms with Gasteiger partial charge in [0, 0.05) is 16.2 Å². The van der Waals surface area contributed by atoms with Gasteiger partial charge in [-0.2, -0.15) is 10.1 Å². The van der Waals surface area contributed by atoms with E-state index in [2.05, 4.69) is 41.7 Å². The van der Waals surface area contributed by atoms with Crippen molar-refractivity contribution in [1.82, 2.24) is 15.2 Å². The summed E-state index contributed by atoms with van der Waals surface area (Å²) in [5.41, 5.74) is 1.69. The van der Waals surface area contributed by atoms with Crippen LogP contribution in [-0.2, 0) is 0 Å². The lowest BCUT2D eigenvalue weighted by atomic mass is 10.3. The number of fused-ring (bicyclic) bond motifs is 1. The lowest BCUT2D eigenvalue weighted by Gasteiger charge is -2.09. The van der Waals surface area contributed by atoms with Crippen LogP contribution in [0.15, 0.2) is 53.1 Å². The van der Waals surface area contributed by atoms with E-state index in [9.17, 15) is 0 Å². The van der Waals surface area contributed by atoms with Crippen molar-refractivity contribution in [3.8, 4) is 11.5 Å². The van der Waals surface area contributed by atoms with Gasteiger partial charge < -0.3 is 20.1 Å². The highest BCUT2D eigenvalue weighted by Crippen LogP contribution is 2.34. The predicted molar refractivity (Wildman–Crippen MR) is 93.1 cm³/mol. The molecule has 1 aliphatic rings. The molecule has 0 aliphatic carbocycles. The van der Waals surface area contributed by atoms with E-state index in [-0.39, 0.29) is 6.79 Å². The van der Waals surface area contributed by atoms with Gasteiger partial charge in [-0.25, -0.2) is 0 Å². The highest BCUT2D eigenvalue weighted by atomic mass is 79.9. The first kappa shape index (κ1) is 14.7. The topological polar surface area (TPSA) is 81.2 Å². The molecule has 1 aromatic heterocycles. The van der Waals surface area contributed by atoms with E-state index in [1.165, 1.54) is 0 Å². The Hall–Kier alpha value is -2.87. The second-order valence-electron chi connectivity index (χ2n) is 4.96. The van der Waals surface area contributed by atoms with Crippen LogP contribution >= 0.6 is 15.9 Å². The van der Waals surface area contributed by atoms with Gasteiger partial charge in [-0.1, -0.05) is 12.1 Å². The van der Waals surface area contributed by atoms with Crippen molar-refractivity contribution in [2.24, 2.45) is 0 Å². The number of rotatable bonds is 4. The van der Waals surface area contributed by atoms with Crippen LogP contribution in [0.3, 0.4) is 0 Å². The average molecular weight is 386 g/mol. The molecule has 4 rings (SSSR count). The van der Waals surface area contributed by atoms with Crippen molar-refractivity contribution < 1.29 is 9.47 Å². The van der Waals surface area contributed by atoms with Crippen molar-refractivity contribution in [2.45, 2.75) is 0 Å². The Morgan fingerprint density at radius 2 is 1.88 bits per heavy atom. The summed E-state index contributed by atoms with van der Waals surface area (Å²) < 4.78 is 11.6. The van der Waals surface area contributed by atoms with Crippen molar-refractivity contribution in [1.29, 1.82) is 0 Å². The minimum absolute atomic E-state index is 0.238. The molecule has 0 bridgehead atoms. The van der Waals surface area contributed by atoms with Gasteiger partial charge in [-0.15, -0.1) is 5.10 Å². The third-order valence-corrected chi connectivity index (χ3v) is 4.02. The SMILES string of the molecule is Brc1ccccc1Nc1cnnc(Nc2ccc3c(c2)OCO3)n1. The Morgan fingerprint density at radius 3 is 2.79 bits per heavy atom. The zero-order valence-corrected chi connectivity index (χ0v) is 13.9. The fraction of sp³-hybridized carbons (Fsp3) is 0.0625. The van der Waals surface area contributed by atoms with Crippen molar-refractivity contribution >= 4 is 39.1 Å². The molecule has 7 nitrogen and oxygen atoms in total. The Kier molecular flexibility index (Phi) is 3.87. The summed E-state index contributed by atoms with van der Waals surface area (Å²) in [5, 5.41) is 14.3. The average Bonchev–Trinajstić information content (AvgIpc) is 3.05. The fourth-order valence-electron chi connectivity index (χ4n) is 2.22. The first-order valence-corrected chi connectivity index (χ1v) is 7.95. The van der Waals surface area contributed by atoms with Gasteiger partial charge in [-0.3, -0.25) is 0 Å². The fourth-order valence-corrected chi connectivity index (χ4v) is 2.60. The zero-order chi connectivity index (χ0) is 16.4. The molecule has 8 heteroatoms. The summed E-state index contributed by atoms with van der Waals surface area (Å²) in [6.45, 7) is 0.238. The minimum atomic E-state index is 0.238. The normalized spacial score (nSPS) is 12.0. The number of ether oxygens (including phenoxy) is 2. The van der Waals surface area contributed by atoms with Gasteiger partial charge in [0.2, 0.25) is 12.7 Å². The maximum absolute atomic E-state index is 5.36. The molecule has 0 unspecified atom stereocenters. The molecule has 0 radical (unpaired) electrons. The summed E-state index contributed by atoms with van der Waals surface area (Å²) in [7, 11) is 0. The number of nitrogens with one attached hydrogen (secondary N) is 2. The molecule has 2 heterocycles. The molecule has 0 amide bonds. The molecular formula is C16H12BrN5O2. The third-order valence-electron chi connectivity index (χ3n) is 3.32. The van der Waals surface area contributed by atoms with E-state index in [1.807, 2.05) is 42.5 Å². The lowest BCUT2D eigenvalue weighted by molar-refractivity contribution is 0.174. The highest BCUT2D eigenvalue weighted by molar-refractivity contribution is 9.10. The van der Waals surface area contributed by atoms with Crippen LogP contribution in [0.4, 0.5) is 23.1 Å². The van der Waals surface area contributed by atoms with Crippen LogP contribution in [0.1, 0.15) is 0 Å². The number of nitrogens with zero attached hydrogens (tertiary/aromatic N) is 3. The van der Waals surface area contributed by atoms with Crippen LogP contribution in [0, 0.1) is 0 Å². The van der Waals surface area contributed by atoms with E-state index in [1.54, 1.807) is 6.20 Å². The minimum Gasteiger partial charge on any atom is -0.454 e. The van der Waals surface area contributed by atoms with Crippen molar-refractivity contribution in [3.05, 3.63) is 53.1 Å². The smallest absolute Gasteiger partial charge is 0.249 e. The van der Waals surface area contributed by atoms with Crippen LogP contribution in [0.25, 0.3) is 0 Å². The summed E-state index contributed by atoms with van der Waals surface area (Å²) in [6, 6.07) is 13.3. The van der Waals surface area contributed by atoms with E-state index in [0.717, 1.165) is 21.6 Å². The maximum atomic E-state index is 5.36. The number of anilines is 4. The molecule has 0 fully saturated rings. The van der Waals surface area contributed by atoms with E-state index in [4.69, 9.17) is 9.47 Å².